The number of hydrogen-bond donors (Lipinski definition) is 2. The molecular formula is C12H16O5. The van der Waals surface area contributed by atoms with E-state index < -0.39 is 12.1 Å². The van der Waals surface area contributed by atoms with E-state index >= 15 is 0 Å². The van der Waals surface area contributed by atoms with E-state index in [0.29, 0.717) is 24.5 Å². The number of aliphatic hydroxyl groups excluding tert-OH is 1. The number of rotatable bonds is 6. The quantitative estimate of drug-likeness (QED) is 0.788. The number of carbonyl (C=O) groups is 1. The van der Waals surface area contributed by atoms with Crippen LogP contribution >= 0.6 is 0 Å². The van der Waals surface area contributed by atoms with Crippen LogP contribution in [0, 0.1) is 0 Å². The van der Waals surface area contributed by atoms with Gasteiger partial charge in [0.05, 0.1) is 25.4 Å². The summed E-state index contributed by atoms with van der Waals surface area (Å²) in [5, 5.41) is 17.9. The van der Waals surface area contributed by atoms with Gasteiger partial charge in [0, 0.05) is 6.42 Å². The minimum absolute atomic E-state index is 0.137. The fourth-order valence-corrected chi connectivity index (χ4v) is 1.26. The zero-order valence-corrected chi connectivity index (χ0v) is 9.84. The van der Waals surface area contributed by atoms with E-state index in [1.807, 2.05) is 0 Å². The lowest BCUT2D eigenvalue weighted by Crippen LogP contribution is -2.08. The van der Waals surface area contributed by atoms with Gasteiger partial charge in [-0.15, -0.1) is 0 Å². The normalized spacial score (nSPS) is 11.9. The van der Waals surface area contributed by atoms with Crippen LogP contribution in [-0.4, -0.2) is 36.0 Å². The predicted molar refractivity (Wildman–Crippen MR) is 61.7 cm³/mol. The first-order valence-corrected chi connectivity index (χ1v) is 5.26. The number of carboxylic acid groups (broad SMARTS) is 1. The van der Waals surface area contributed by atoms with Gasteiger partial charge in [-0.25, -0.2) is 4.79 Å². The Morgan fingerprint density at radius 1 is 1.41 bits per heavy atom. The monoisotopic (exact) mass is 240 g/mol. The van der Waals surface area contributed by atoms with Crippen LogP contribution in [0.2, 0.25) is 0 Å². The Morgan fingerprint density at radius 2 is 2.12 bits per heavy atom. The second-order valence-electron chi connectivity index (χ2n) is 3.66. The summed E-state index contributed by atoms with van der Waals surface area (Å²) in [6.45, 7) is 1.96. The fourth-order valence-electron chi connectivity index (χ4n) is 1.26. The van der Waals surface area contributed by atoms with E-state index in [1.165, 1.54) is 19.2 Å². The van der Waals surface area contributed by atoms with Crippen molar-refractivity contribution in [2.24, 2.45) is 0 Å². The molecular weight excluding hydrogens is 224 g/mol. The third-order valence-electron chi connectivity index (χ3n) is 2.20. The van der Waals surface area contributed by atoms with Crippen LogP contribution in [0.1, 0.15) is 23.7 Å². The topological polar surface area (TPSA) is 76.0 Å². The van der Waals surface area contributed by atoms with Gasteiger partial charge < -0.3 is 19.7 Å². The average Bonchev–Trinajstić information content (AvgIpc) is 2.28. The van der Waals surface area contributed by atoms with Crippen molar-refractivity contribution in [1.82, 2.24) is 0 Å². The summed E-state index contributed by atoms with van der Waals surface area (Å²) in [5.74, 6) is -0.179. The average molecular weight is 240 g/mol. The van der Waals surface area contributed by atoms with Crippen molar-refractivity contribution < 1.29 is 24.5 Å². The molecule has 1 rings (SSSR count). The molecule has 0 radical (unpaired) electrons. The van der Waals surface area contributed by atoms with Gasteiger partial charge in [-0.3, -0.25) is 0 Å². The van der Waals surface area contributed by atoms with Crippen LogP contribution in [-0.2, 0) is 0 Å². The molecule has 0 amide bonds. The van der Waals surface area contributed by atoms with Crippen LogP contribution in [0.25, 0.3) is 0 Å². The number of ether oxygens (including phenoxy) is 2. The molecule has 0 saturated carbocycles. The second kappa shape index (κ2) is 6.10. The van der Waals surface area contributed by atoms with Crippen LogP contribution in [0.15, 0.2) is 18.2 Å². The zero-order valence-electron chi connectivity index (χ0n) is 9.84. The molecule has 1 unspecified atom stereocenters. The van der Waals surface area contributed by atoms with Crippen LogP contribution < -0.4 is 9.47 Å². The molecule has 0 saturated heterocycles. The molecule has 94 valence electrons. The lowest BCUT2D eigenvalue weighted by molar-refractivity contribution is 0.0696. The van der Waals surface area contributed by atoms with Gasteiger partial charge in [0.1, 0.15) is 0 Å². The maximum atomic E-state index is 10.8. The molecule has 0 spiro atoms. The number of carboxylic acids is 1. The van der Waals surface area contributed by atoms with Gasteiger partial charge in [0.15, 0.2) is 11.5 Å². The summed E-state index contributed by atoms with van der Waals surface area (Å²) < 4.78 is 10.4. The molecule has 0 aliphatic rings. The molecule has 0 aliphatic heterocycles. The molecule has 2 N–H and O–H groups in total. The van der Waals surface area contributed by atoms with E-state index in [9.17, 15) is 4.79 Å². The maximum absolute atomic E-state index is 10.8. The molecule has 5 nitrogen and oxygen atoms in total. The molecule has 5 heteroatoms. The molecule has 0 heterocycles. The predicted octanol–water partition coefficient (Wildman–Crippen LogP) is 1.54. The van der Waals surface area contributed by atoms with Crippen LogP contribution in [0.3, 0.4) is 0 Å². The second-order valence-corrected chi connectivity index (χ2v) is 3.66. The minimum atomic E-state index is -1.02. The zero-order chi connectivity index (χ0) is 12.8. The summed E-state index contributed by atoms with van der Waals surface area (Å²) in [6.07, 6.45) is 0.0177. The largest absolute Gasteiger partial charge is 0.493 e. The van der Waals surface area contributed by atoms with Crippen LogP contribution in [0.5, 0.6) is 11.5 Å². The van der Waals surface area contributed by atoms with E-state index in [-0.39, 0.29) is 5.56 Å². The van der Waals surface area contributed by atoms with Crippen molar-refractivity contribution >= 4 is 5.97 Å². The Morgan fingerprint density at radius 3 is 2.65 bits per heavy atom. The fraction of sp³-hybridized carbons (Fsp3) is 0.417. The highest BCUT2D eigenvalue weighted by molar-refractivity contribution is 5.88. The molecule has 0 aromatic heterocycles. The van der Waals surface area contributed by atoms with Crippen molar-refractivity contribution in [2.75, 3.05) is 13.7 Å². The first-order chi connectivity index (χ1) is 8.04. The Hall–Kier alpha value is -1.75. The number of aromatic carboxylic acids is 1. The van der Waals surface area contributed by atoms with Gasteiger partial charge in [0.2, 0.25) is 0 Å². The maximum Gasteiger partial charge on any atom is 0.335 e. The van der Waals surface area contributed by atoms with Crippen molar-refractivity contribution in [3.63, 3.8) is 0 Å². The Labute approximate surface area is 99.6 Å². The Bertz CT molecular complexity index is 386. The van der Waals surface area contributed by atoms with E-state index in [2.05, 4.69) is 0 Å². The van der Waals surface area contributed by atoms with Gasteiger partial charge in [-0.1, -0.05) is 0 Å². The summed E-state index contributed by atoms with van der Waals surface area (Å²) >= 11 is 0. The van der Waals surface area contributed by atoms with Crippen molar-refractivity contribution in [2.45, 2.75) is 19.4 Å². The van der Waals surface area contributed by atoms with Gasteiger partial charge in [0.25, 0.3) is 0 Å². The van der Waals surface area contributed by atoms with Gasteiger partial charge >= 0.3 is 5.97 Å². The smallest absolute Gasteiger partial charge is 0.335 e. The van der Waals surface area contributed by atoms with Crippen LogP contribution in [0.4, 0.5) is 0 Å². The first-order valence-electron chi connectivity index (χ1n) is 5.26. The SMILES string of the molecule is COc1ccc(C(=O)O)cc1OCCC(C)O. The molecule has 1 atom stereocenters. The summed E-state index contributed by atoms with van der Waals surface area (Å²) in [4.78, 5) is 10.8. The first kappa shape index (κ1) is 13.3. The minimum Gasteiger partial charge on any atom is -0.493 e. The number of benzene rings is 1. The van der Waals surface area contributed by atoms with Crippen molar-refractivity contribution in [3.05, 3.63) is 23.8 Å². The summed E-state index contributed by atoms with van der Waals surface area (Å²) in [7, 11) is 1.48. The standard InChI is InChI=1S/C12H16O5/c1-8(13)5-6-17-11-7-9(12(14)15)3-4-10(11)16-2/h3-4,7-8,13H,5-6H2,1-2H3,(H,14,15). The molecule has 1 aromatic rings. The third kappa shape index (κ3) is 3.96. The van der Waals surface area contributed by atoms with E-state index in [1.54, 1.807) is 13.0 Å². The highest BCUT2D eigenvalue weighted by atomic mass is 16.5. The number of methoxy groups -OCH3 is 1. The highest BCUT2D eigenvalue weighted by Gasteiger charge is 2.10. The molecule has 0 fully saturated rings. The highest BCUT2D eigenvalue weighted by Crippen LogP contribution is 2.28. The number of hydrogen-bond acceptors (Lipinski definition) is 4. The Kier molecular flexibility index (Phi) is 4.78. The molecule has 17 heavy (non-hydrogen) atoms. The summed E-state index contributed by atoms with van der Waals surface area (Å²) in [5.41, 5.74) is 0.137. The van der Waals surface area contributed by atoms with Gasteiger partial charge in [-0.2, -0.15) is 0 Å². The van der Waals surface area contributed by atoms with E-state index in [0.717, 1.165) is 0 Å². The lowest BCUT2D eigenvalue weighted by atomic mass is 10.2. The van der Waals surface area contributed by atoms with Crippen molar-refractivity contribution in [3.8, 4) is 11.5 Å². The van der Waals surface area contributed by atoms with Gasteiger partial charge in [-0.05, 0) is 25.1 Å². The Balaban J connectivity index is 2.79. The molecule has 1 aromatic carbocycles. The van der Waals surface area contributed by atoms with Crippen molar-refractivity contribution in [1.29, 1.82) is 0 Å². The molecule has 0 bridgehead atoms. The van der Waals surface area contributed by atoms with E-state index in [4.69, 9.17) is 19.7 Å². The molecule has 0 aliphatic carbocycles. The third-order valence-corrected chi connectivity index (χ3v) is 2.20. The summed E-state index contributed by atoms with van der Waals surface area (Å²) in [6, 6.07) is 4.40. The number of aliphatic hydroxyl groups is 1. The lowest BCUT2D eigenvalue weighted by Gasteiger charge is -2.12.